The molecule has 0 fully saturated rings. The number of carbonyl (C=O) groups excluding carboxylic acids is 2. The Morgan fingerprint density at radius 1 is 1.07 bits per heavy atom. The fourth-order valence-electron chi connectivity index (χ4n) is 3.93. The molecule has 1 atom stereocenters. The number of hydrogen-bond acceptors (Lipinski definition) is 2. The van der Waals surface area contributed by atoms with Crippen LogP contribution in [0.15, 0.2) is 54.7 Å². The molecule has 1 N–H and O–H groups in total. The molecule has 2 amide bonds. The second kappa shape index (κ2) is 6.91. The third kappa shape index (κ3) is 2.89. The maximum atomic E-state index is 13.1. The summed E-state index contributed by atoms with van der Waals surface area (Å²) < 4.78 is 2.07. The van der Waals surface area contributed by atoms with Gasteiger partial charge >= 0.3 is 0 Å². The second-order valence-electron chi connectivity index (χ2n) is 6.99. The van der Waals surface area contributed by atoms with Crippen molar-refractivity contribution in [2.24, 2.45) is 7.05 Å². The number of rotatable bonds is 5. The van der Waals surface area contributed by atoms with E-state index in [-0.39, 0.29) is 24.4 Å². The molecule has 2 heterocycles. The van der Waals surface area contributed by atoms with Crippen LogP contribution in [-0.2, 0) is 11.8 Å². The summed E-state index contributed by atoms with van der Waals surface area (Å²) in [4.78, 5) is 27.2. The van der Waals surface area contributed by atoms with Crippen molar-refractivity contribution in [1.82, 2.24) is 14.8 Å². The lowest BCUT2D eigenvalue weighted by Crippen LogP contribution is -2.39. The summed E-state index contributed by atoms with van der Waals surface area (Å²) in [5.41, 5.74) is 3.80. The van der Waals surface area contributed by atoms with Crippen LogP contribution in [0.1, 0.15) is 40.9 Å². The summed E-state index contributed by atoms with van der Waals surface area (Å²) in [6.45, 7) is 2.68. The van der Waals surface area contributed by atoms with Crippen LogP contribution in [0.25, 0.3) is 10.9 Å². The Morgan fingerprint density at radius 3 is 2.63 bits per heavy atom. The highest BCUT2D eigenvalue weighted by Gasteiger charge is 2.39. The van der Waals surface area contributed by atoms with Crippen LogP contribution in [0.4, 0.5) is 0 Å². The number of para-hydroxylation sites is 1. The Morgan fingerprint density at radius 2 is 1.81 bits per heavy atom. The average Bonchev–Trinajstić information content (AvgIpc) is 3.15. The lowest BCUT2D eigenvalue weighted by molar-refractivity contribution is -0.122. The molecule has 138 valence electrons. The van der Waals surface area contributed by atoms with Gasteiger partial charge in [0.1, 0.15) is 6.54 Å². The minimum Gasteiger partial charge on any atom is -0.355 e. The van der Waals surface area contributed by atoms with Gasteiger partial charge in [0, 0.05) is 41.8 Å². The van der Waals surface area contributed by atoms with Gasteiger partial charge in [0.25, 0.3) is 5.91 Å². The van der Waals surface area contributed by atoms with Gasteiger partial charge in [0.15, 0.2) is 0 Å². The summed E-state index contributed by atoms with van der Waals surface area (Å²) in [6, 6.07) is 15.6. The fraction of sp³-hybridized carbons (Fsp3) is 0.273. The first-order valence-electron chi connectivity index (χ1n) is 9.32. The van der Waals surface area contributed by atoms with Crippen LogP contribution in [0, 0.1) is 0 Å². The molecule has 3 aromatic rings. The van der Waals surface area contributed by atoms with Crippen molar-refractivity contribution in [1.29, 1.82) is 0 Å². The average molecular weight is 361 g/mol. The summed E-state index contributed by atoms with van der Waals surface area (Å²) >= 11 is 0. The van der Waals surface area contributed by atoms with E-state index in [1.165, 1.54) is 0 Å². The van der Waals surface area contributed by atoms with E-state index < -0.39 is 0 Å². The Bertz CT molecular complexity index is 1020. The molecule has 0 unspecified atom stereocenters. The quantitative estimate of drug-likeness (QED) is 0.758. The van der Waals surface area contributed by atoms with Crippen LogP contribution in [0.2, 0.25) is 0 Å². The number of nitrogens with zero attached hydrogens (tertiary/aromatic N) is 2. The Balaban J connectivity index is 1.81. The van der Waals surface area contributed by atoms with E-state index in [1.807, 2.05) is 50.4 Å². The predicted octanol–water partition coefficient (Wildman–Crippen LogP) is 3.25. The van der Waals surface area contributed by atoms with Crippen molar-refractivity contribution < 1.29 is 9.59 Å². The van der Waals surface area contributed by atoms with Crippen molar-refractivity contribution in [3.8, 4) is 0 Å². The SMILES string of the molecule is CCCNC(=O)CN1C(=O)c2ccccc2[C@H]1c1cn(C)c2ccccc12. The van der Waals surface area contributed by atoms with Gasteiger partial charge in [-0.1, -0.05) is 43.3 Å². The number of aromatic nitrogens is 1. The number of fused-ring (bicyclic) bond motifs is 2. The molecule has 1 aliphatic rings. The molecule has 2 aromatic carbocycles. The largest absolute Gasteiger partial charge is 0.355 e. The molecule has 5 nitrogen and oxygen atoms in total. The summed E-state index contributed by atoms with van der Waals surface area (Å²) in [7, 11) is 2.01. The monoisotopic (exact) mass is 361 g/mol. The molecule has 1 aromatic heterocycles. The van der Waals surface area contributed by atoms with Gasteiger partial charge in [0.2, 0.25) is 5.91 Å². The zero-order chi connectivity index (χ0) is 19.0. The molecule has 27 heavy (non-hydrogen) atoms. The van der Waals surface area contributed by atoms with E-state index in [0.717, 1.165) is 28.5 Å². The standard InChI is InChI=1S/C22H23N3O2/c1-3-12-23-20(26)14-25-21(16-9-4-5-10-17(16)22(25)27)18-13-24(2)19-11-7-6-8-15(18)19/h4-11,13,21H,3,12,14H2,1-2H3,(H,23,26)/t21-/m0/s1. The molecule has 5 heteroatoms. The molecule has 0 saturated carbocycles. The van der Waals surface area contributed by atoms with Crippen molar-refractivity contribution in [3.63, 3.8) is 0 Å². The minimum atomic E-state index is -0.257. The molecule has 4 rings (SSSR count). The van der Waals surface area contributed by atoms with Crippen LogP contribution < -0.4 is 5.32 Å². The van der Waals surface area contributed by atoms with E-state index in [2.05, 4.69) is 28.2 Å². The molecule has 0 radical (unpaired) electrons. The summed E-state index contributed by atoms with van der Waals surface area (Å²) in [6.07, 6.45) is 2.94. The Hall–Kier alpha value is -3.08. The number of nitrogens with one attached hydrogen (secondary N) is 1. The van der Waals surface area contributed by atoms with Gasteiger partial charge in [-0.3, -0.25) is 9.59 Å². The zero-order valence-corrected chi connectivity index (χ0v) is 15.6. The predicted molar refractivity (Wildman–Crippen MR) is 106 cm³/mol. The highest BCUT2D eigenvalue weighted by Crippen LogP contribution is 2.41. The van der Waals surface area contributed by atoms with E-state index >= 15 is 0 Å². The molecule has 0 saturated heterocycles. The smallest absolute Gasteiger partial charge is 0.255 e. The molecule has 1 aliphatic heterocycles. The number of aryl methyl sites for hydroxylation is 1. The van der Waals surface area contributed by atoms with Crippen LogP contribution in [0.5, 0.6) is 0 Å². The summed E-state index contributed by atoms with van der Waals surface area (Å²) in [5, 5.41) is 3.99. The Labute approximate surface area is 158 Å². The lowest BCUT2D eigenvalue weighted by atomic mass is 9.97. The maximum Gasteiger partial charge on any atom is 0.255 e. The molecular weight excluding hydrogens is 338 g/mol. The normalized spacial score (nSPS) is 16.0. The van der Waals surface area contributed by atoms with Gasteiger partial charge in [0.05, 0.1) is 6.04 Å². The highest BCUT2D eigenvalue weighted by molar-refractivity contribution is 6.02. The third-order valence-electron chi connectivity index (χ3n) is 5.17. The van der Waals surface area contributed by atoms with E-state index in [1.54, 1.807) is 4.90 Å². The number of hydrogen-bond donors (Lipinski definition) is 1. The second-order valence-corrected chi connectivity index (χ2v) is 6.99. The lowest BCUT2D eigenvalue weighted by Gasteiger charge is -2.25. The fourth-order valence-corrected chi connectivity index (χ4v) is 3.93. The van der Waals surface area contributed by atoms with Crippen molar-refractivity contribution in [2.45, 2.75) is 19.4 Å². The maximum absolute atomic E-state index is 13.1. The number of benzene rings is 2. The number of carbonyl (C=O) groups is 2. The highest BCUT2D eigenvalue weighted by atomic mass is 16.2. The first-order valence-corrected chi connectivity index (χ1v) is 9.32. The van der Waals surface area contributed by atoms with Gasteiger partial charge in [-0.05, 0) is 24.1 Å². The molecule has 0 bridgehead atoms. The van der Waals surface area contributed by atoms with Gasteiger partial charge < -0.3 is 14.8 Å². The number of amides is 2. The Kier molecular flexibility index (Phi) is 4.44. The van der Waals surface area contributed by atoms with Gasteiger partial charge in [-0.2, -0.15) is 0 Å². The van der Waals surface area contributed by atoms with Crippen LogP contribution in [0.3, 0.4) is 0 Å². The van der Waals surface area contributed by atoms with Crippen molar-refractivity contribution in [2.75, 3.05) is 13.1 Å². The molecule has 0 aliphatic carbocycles. The van der Waals surface area contributed by atoms with E-state index in [0.29, 0.717) is 12.1 Å². The van der Waals surface area contributed by atoms with Gasteiger partial charge in [-0.15, -0.1) is 0 Å². The third-order valence-corrected chi connectivity index (χ3v) is 5.17. The van der Waals surface area contributed by atoms with Crippen LogP contribution in [-0.4, -0.2) is 34.4 Å². The van der Waals surface area contributed by atoms with Crippen LogP contribution >= 0.6 is 0 Å². The molecule has 0 spiro atoms. The minimum absolute atomic E-state index is 0.0569. The zero-order valence-electron chi connectivity index (χ0n) is 15.6. The first kappa shape index (κ1) is 17.3. The first-order chi connectivity index (χ1) is 13.1. The van der Waals surface area contributed by atoms with E-state index in [9.17, 15) is 9.59 Å². The summed E-state index contributed by atoms with van der Waals surface area (Å²) in [5.74, 6) is -0.210. The van der Waals surface area contributed by atoms with Crippen molar-refractivity contribution in [3.05, 3.63) is 71.4 Å². The molecular formula is C22H23N3O2. The topological polar surface area (TPSA) is 54.3 Å². The van der Waals surface area contributed by atoms with Gasteiger partial charge in [-0.25, -0.2) is 0 Å². The van der Waals surface area contributed by atoms with Crippen molar-refractivity contribution >= 4 is 22.7 Å². The van der Waals surface area contributed by atoms with E-state index in [4.69, 9.17) is 0 Å².